The van der Waals surface area contributed by atoms with Gasteiger partial charge in [-0.15, -0.1) is 0 Å². The average Bonchev–Trinajstić information content (AvgIpc) is 2.25. The molecule has 2 unspecified atom stereocenters. The summed E-state index contributed by atoms with van der Waals surface area (Å²) in [5.41, 5.74) is -0.882. The number of hydrogen-bond donors (Lipinski definition) is 3. The van der Waals surface area contributed by atoms with Crippen LogP contribution in [0.1, 0.15) is 47.5 Å². The zero-order valence-electron chi connectivity index (χ0n) is 12.9. The van der Waals surface area contributed by atoms with E-state index in [4.69, 9.17) is 9.84 Å². The van der Waals surface area contributed by atoms with Crippen molar-refractivity contribution in [2.45, 2.75) is 65.1 Å². The first-order valence-electron chi connectivity index (χ1n) is 7.00. The van der Waals surface area contributed by atoms with Gasteiger partial charge in [-0.2, -0.15) is 0 Å². The summed E-state index contributed by atoms with van der Waals surface area (Å²) in [7, 11) is 0. The van der Waals surface area contributed by atoms with Crippen LogP contribution in [-0.2, 0) is 9.53 Å². The largest absolute Gasteiger partial charge is 0.481 e. The van der Waals surface area contributed by atoms with E-state index in [1.807, 2.05) is 6.92 Å². The zero-order valence-corrected chi connectivity index (χ0v) is 12.9. The highest BCUT2D eigenvalue weighted by atomic mass is 16.5. The predicted octanol–water partition coefficient (Wildman–Crippen LogP) is 1.74. The number of carbonyl (C=O) groups excluding carboxylic acids is 1. The van der Waals surface area contributed by atoms with Gasteiger partial charge in [0.25, 0.3) is 0 Å². The molecule has 20 heavy (non-hydrogen) atoms. The van der Waals surface area contributed by atoms with Crippen LogP contribution in [0.15, 0.2) is 0 Å². The van der Waals surface area contributed by atoms with Gasteiger partial charge in [-0.3, -0.25) is 4.79 Å². The summed E-state index contributed by atoms with van der Waals surface area (Å²) in [6.45, 7) is 10.1. The molecule has 2 amide bonds. The highest BCUT2D eigenvalue weighted by Gasteiger charge is 2.49. The Morgan fingerprint density at radius 1 is 1.40 bits per heavy atom. The van der Waals surface area contributed by atoms with E-state index in [0.29, 0.717) is 6.61 Å². The molecule has 0 saturated heterocycles. The zero-order chi connectivity index (χ0) is 15.6. The van der Waals surface area contributed by atoms with Crippen molar-refractivity contribution in [2.24, 2.45) is 5.41 Å². The van der Waals surface area contributed by atoms with E-state index >= 15 is 0 Å². The monoisotopic (exact) mass is 286 g/mol. The number of aliphatic carboxylic acids is 1. The minimum atomic E-state index is -0.935. The second kappa shape index (κ2) is 5.99. The average molecular weight is 286 g/mol. The molecule has 3 N–H and O–H groups in total. The minimum absolute atomic E-state index is 0.0414. The van der Waals surface area contributed by atoms with Crippen LogP contribution in [-0.4, -0.2) is 41.4 Å². The Balaban J connectivity index is 2.46. The van der Waals surface area contributed by atoms with Gasteiger partial charge in [0.05, 0.1) is 12.5 Å². The molecule has 6 nitrogen and oxygen atoms in total. The Morgan fingerprint density at radius 3 is 2.45 bits per heavy atom. The van der Waals surface area contributed by atoms with Gasteiger partial charge in [0.1, 0.15) is 0 Å². The number of carboxylic acid groups (broad SMARTS) is 1. The number of carbonyl (C=O) groups is 2. The number of nitrogens with one attached hydrogen (secondary N) is 2. The van der Waals surface area contributed by atoms with Crippen molar-refractivity contribution < 1.29 is 19.4 Å². The van der Waals surface area contributed by atoms with Gasteiger partial charge in [0.15, 0.2) is 0 Å². The van der Waals surface area contributed by atoms with Crippen molar-refractivity contribution in [3.05, 3.63) is 0 Å². The summed E-state index contributed by atoms with van der Waals surface area (Å²) in [5.74, 6) is -0.935. The first-order valence-corrected chi connectivity index (χ1v) is 7.00. The normalized spacial score (nSPS) is 24.6. The molecule has 0 aromatic carbocycles. The lowest BCUT2D eigenvalue weighted by Gasteiger charge is -2.51. The van der Waals surface area contributed by atoms with Crippen LogP contribution in [0.5, 0.6) is 0 Å². The van der Waals surface area contributed by atoms with Crippen molar-refractivity contribution >= 4 is 12.0 Å². The predicted molar refractivity (Wildman–Crippen MR) is 75.6 cm³/mol. The maximum Gasteiger partial charge on any atom is 0.315 e. The van der Waals surface area contributed by atoms with Gasteiger partial charge in [0, 0.05) is 23.6 Å². The Hall–Kier alpha value is -1.30. The van der Waals surface area contributed by atoms with E-state index < -0.39 is 11.5 Å². The van der Waals surface area contributed by atoms with Gasteiger partial charge in [-0.1, -0.05) is 13.8 Å². The van der Waals surface area contributed by atoms with Crippen molar-refractivity contribution in [1.82, 2.24) is 10.6 Å². The fourth-order valence-electron chi connectivity index (χ4n) is 2.54. The number of carboxylic acids is 1. The summed E-state index contributed by atoms with van der Waals surface area (Å²) in [6, 6.07) is -0.288. The molecule has 0 bridgehead atoms. The van der Waals surface area contributed by atoms with Gasteiger partial charge in [-0.25, -0.2) is 4.79 Å². The molecule has 0 aliphatic heterocycles. The first kappa shape index (κ1) is 16.8. The van der Waals surface area contributed by atoms with E-state index in [1.54, 1.807) is 13.8 Å². The van der Waals surface area contributed by atoms with Gasteiger partial charge >= 0.3 is 12.0 Å². The molecule has 1 rings (SSSR count). The number of urea groups is 1. The van der Waals surface area contributed by atoms with Crippen molar-refractivity contribution in [3.63, 3.8) is 0 Å². The fourth-order valence-corrected chi connectivity index (χ4v) is 2.54. The summed E-state index contributed by atoms with van der Waals surface area (Å²) in [4.78, 5) is 22.7. The lowest BCUT2D eigenvalue weighted by atomic mass is 9.64. The molecular weight excluding hydrogens is 260 g/mol. The Morgan fingerprint density at radius 2 is 2.00 bits per heavy atom. The van der Waals surface area contributed by atoms with Crippen molar-refractivity contribution in [3.8, 4) is 0 Å². The summed E-state index contributed by atoms with van der Waals surface area (Å²) < 4.78 is 5.61. The highest BCUT2D eigenvalue weighted by Crippen LogP contribution is 2.42. The maximum absolute atomic E-state index is 11.9. The fraction of sp³-hybridized carbons (Fsp3) is 0.857. The molecule has 0 aromatic heterocycles. The van der Waals surface area contributed by atoms with E-state index in [1.165, 1.54) is 0 Å². The molecule has 0 spiro atoms. The molecule has 0 radical (unpaired) electrons. The van der Waals surface area contributed by atoms with Crippen LogP contribution in [0.2, 0.25) is 0 Å². The molecule has 1 aliphatic carbocycles. The van der Waals surface area contributed by atoms with Crippen LogP contribution >= 0.6 is 0 Å². The molecular formula is C14H26N2O4. The number of rotatable bonds is 6. The SMILES string of the molecule is CCOC1CC(NC(=O)NC(C)(C)CC(=O)O)C1(C)C. The highest BCUT2D eigenvalue weighted by molar-refractivity contribution is 5.77. The van der Waals surface area contributed by atoms with Gasteiger partial charge < -0.3 is 20.5 Å². The molecule has 116 valence electrons. The summed E-state index contributed by atoms with van der Waals surface area (Å²) in [6.07, 6.45) is 0.828. The second-order valence-electron chi connectivity index (χ2n) is 6.61. The summed E-state index contributed by atoms with van der Waals surface area (Å²) >= 11 is 0. The van der Waals surface area contributed by atoms with E-state index in [2.05, 4.69) is 24.5 Å². The second-order valence-corrected chi connectivity index (χ2v) is 6.61. The van der Waals surface area contributed by atoms with Crippen LogP contribution < -0.4 is 10.6 Å². The number of amides is 2. The smallest absolute Gasteiger partial charge is 0.315 e. The molecule has 0 heterocycles. The van der Waals surface area contributed by atoms with Gasteiger partial charge in [-0.05, 0) is 27.2 Å². The van der Waals surface area contributed by atoms with Crippen molar-refractivity contribution in [1.29, 1.82) is 0 Å². The summed E-state index contributed by atoms with van der Waals surface area (Å²) in [5, 5.41) is 14.4. The molecule has 6 heteroatoms. The maximum atomic E-state index is 11.9. The third kappa shape index (κ3) is 4.10. The molecule has 1 aliphatic rings. The molecule has 1 saturated carbocycles. The molecule has 1 fully saturated rings. The van der Waals surface area contributed by atoms with Crippen LogP contribution in [0.3, 0.4) is 0 Å². The van der Waals surface area contributed by atoms with E-state index in [0.717, 1.165) is 6.42 Å². The number of ether oxygens (including phenoxy) is 1. The quantitative estimate of drug-likeness (QED) is 0.694. The Kier molecular flexibility index (Phi) is 5.02. The van der Waals surface area contributed by atoms with E-state index in [9.17, 15) is 9.59 Å². The minimum Gasteiger partial charge on any atom is -0.481 e. The lowest BCUT2D eigenvalue weighted by Crippen LogP contribution is -2.64. The van der Waals surface area contributed by atoms with Crippen LogP contribution in [0, 0.1) is 5.41 Å². The third-order valence-electron chi connectivity index (χ3n) is 3.90. The van der Waals surface area contributed by atoms with Gasteiger partial charge in [0.2, 0.25) is 0 Å². The van der Waals surface area contributed by atoms with E-state index in [-0.39, 0.29) is 30.0 Å². The lowest BCUT2D eigenvalue weighted by molar-refractivity contribution is -0.138. The first-order chi connectivity index (χ1) is 9.08. The Bertz CT molecular complexity index is 379. The van der Waals surface area contributed by atoms with Crippen LogP contribution in [0.4, 0.5) is 4.79 Å². The number of hydrogen-bond acceptors (Lipinski definition) is 3. The topological polar surface area (TPSA) is 87.7 Å². The van der Waals surface area contributed by atoms with Crippen LogP contribution in [0.25, 0.3) is 0 Å². The molecule has 2 atom stereocenters. The third-order valence-corrected chi connectivity index (χ3v) is 3.90. The van der Waals surface area contributed by atoms with Crippen molar-refractivity contribution in [2.75, 3.05) is 6.61 Å². The standard InChI is InChI=1S/C14H26N2O4/c1-6-20-10-7-9(14(10,4)5)15-12(19)16-13(2,3)8-11(17)18/h9-10H,6-8H2,1-5H3,(H,17,18)(H2,15,16,19). The molecule has 0 aromatic rings. The Labute approximate surface area is 120 Å².